The minimum absolute atomic E-state index is 0.244. The highest BCUT2D eigenvalue weighted by atomic mass is 79.9. The Morgan fingerprint density at radius 3 is 2.90 bits per heavy atom. The fraction of sp³-hybridized carbons (Fsp3) is 0.312. The summed E-state index contributed by atoms with van der Waals surface area (Å²) in [6.45, 7) is 1.96. The van der Waals surface area contributed by atoms with Gasteiger partial charge in [0, 0.05) is 12.7 Å². The molecule has 0 bridgehead atoms. The third-order valence-electron chi connectivity index (χ3n) is 3.74. The van der Waals surface area contributed by atoms with Crippen molar-refractivity contribution in [3.8, 4) is 0 Å². The van der Waals surface area contributed by atoms with E-state index < -0.39 is 0 Å². The van der Waals surface area contributed by atoms with Gasteiger partial charge in [0.25, 0.3) is 0 Å². The third kappa shape index (κ3) is 3.62. The van der Waals surface area contributed by atoms with E-state index in [2.05, 4.69) is 61.5 Å². The molecule has 1 aromatic carbocycles. The summed E-state index contributed by atoms with van der Waals surface area (Å²) < 4.78 is 0.922. The van der Waals surface area contributed by atoms with Crippen molar-refractivity contribution < 1.29 is 0 Å². The Hall–Kier alpha value is -0.970. The fourth-order valence-electron chi connectivity index (χ4n) is 2.72. The molecule has 1 aliphatic rings. The Morgan fingerprint density at radius 2 is 2.10 bits per heavy atom. The van der Waals surface area contributed by atoms with Crippen LogP contribution in [-0.4, -0.2) is 21.4 Å². The zero-order valence-corrected chi connectivity index (χ0v) is 13.9. The number of piperidine rings is 1. The molecule has 3 nitrogen and oxygen atoms in total. The average molecular weight is 366 g/mol. The van der Waals surface area contributed by atoms with Crippen LogP contribution in [0.5, 0.6) is 0 Å². The molecule has 5 heteroatoms. The zero-order chi connectivity index (χ0) is 14.7. The number of halogens is 2. The Bertz CT molecular complexity index is 606. The normalized spacial score (nSPS) is 19.6. The molecule has 0 saturated carbocycles. The van der Waals surface area contributed by atoms with Crippen LogP contribution in [-0.2, 0) is 6.54 Å². The molecule has 0 amide bonds. The van der Waals surface area contributed by atoms with Crippen molar-refractivity contribution in [2.24, 2.45) is 0 Å². The Labute approximate surface area is 138 Å². The lowest BCUT2D eigenvalue weighted by Gasteiger charge is -2.35. The van der Waals surface area contributed by atoms with E-state index in [1.54, 1.807) is 6.20 Å². The summed E-state index contributed by atoms with van der Waals surface area (Å²) in [6, 6.07) is 10.8. The van der Waals surface area contributed by atoms with Gasteiger partial charge in [-0.05, 0) is 58.9 Å². The molecule has 2 aromatic rings. The molecule has 0 aliphatic carbocycles. The van der Waals surface area contributed by atoms with Gasteiger partial charge in [-0.25, -0.2) is 9.97 Å². The zero-order valence-electron chi connectivity index (χ0n) is 11.5. The summed E-state index contributed by atoms with van der Waals surface area (Å²) in [5.74, 6) is 0. The second-order valence-electron chi connectivity index (χ2n) is 5.16. The van der Waals surface area contributed by atoms with Crippen molar-refractivity contribution in [1.29, 1.82) is 0 Å². The highest BCUT2D eigenvalue weighted by Crippen LogP contribution is 2.34. The Morgan fingerprint density at radius 1 is 1.29 bits per heavy atom. The number of nitrogens with zero attached hydrogens (tertiary/aromatic N) is 3. The van der Waals surface area contributed by atoms with Crippen LogP contribution in [0.3, 0.4) is 0 Å². The van der Waals surface area contributed by atoms with E-state index in [1.807, 2.05) is 6.07 Å². The largest absolute Gasteiger partial charge is 0.290 e. The second kappa shape index (κ2) is 6.86. The second-order valence-corrected chi connectivity index (χ2v) is 6.35. The molecule has 109 valence electrons. The summed E-state index contributed by atoms with van der Waals surface area (Å²) in [6.07, 6.45) is 6.16. The molecule has 2 heterocycles. The van der Waals surface area contributed by atoms with Crippen molar-refractivity contribution in [2.45, 2.75) is 25.4 Å². The highest BCUT2D eigenvalue weighted by Gasteiger charge is 2.27. The minimum Gasteiger partial charge on any atom is -0.290 e. The molecule has 1 unspecified atom stereocenters. The van der Waals surface area contributed by atoms with Crippen LogP contribution in [0.25, 0.3) is 0 Å². The molecular weight excluding hydrogens is 350 g/mol. The van der Waals surface area contributed by atoms with Crippen molar-refractivity contribution in [3.63, 3.8) is 0 Å². The third-order valence-corrected chi connectivity index (χ3v) is 4.53. The molecule has 1 aromatic heterocycles. The monoisotopic (exact) mass is 364 g/mol. The molecule has 0 N–H and O–H groups in total. The maximum Gasteiger partial charge on any atom is 0.222 e. The molecule has 1 saturated heterocycles. The first kappa shape index (κ1) is 14.9. The van der Waals surface area contributed by atoms with Crippen LogP contribution < -0.4 is 0 Å². The molecule has 1 radical (unpaired) electrons. The maximum atomic E-state index is 5.97. The smallest absolute Gasteiger partial charge is 0.222 e. The van der Waals surface area contributed by atoms with Gasteiger partial charge >= 0.3 is 0 Å². The summed E-state index contributed by atoms with van der Waals surface area (Å²) in [5.41, 5.74) is 2.29. The van der Waals surface area contributed by atoms with Crippen LogP contribution in [0, 0.1) is 6.42 Å². The Balaban J connectivity index is 1.86. The van der Waals surface area contributed by atoms with E-state index in [1.165, 1.54) is 5.56 Å². The topological polar surface area (TPSA) is 29.0 Å². The number of hydrogen-bond donors (Lipinski definition) is 0. The first-order chi connectivity index (χ1) is 10.2. The maximum absolute atomic E-state index is 5.97. The van der Waals surface area contributed by atoms with Crippen LogP contribution in [0.4, 0.5) is 0 Å². The predicted octanol–water partition coefficient (Wildman–Crippen LogP) is 4.43. The van der Waals surface area contributed by atoms with E-state index in [0.29, 0.717) is 5.28 Å². The molecular formula is C16H16BrClN3. The lowest BCUT2D eigenvalue weighted by atomic mass is 9.98. The predicted molar refractivity (Wildman–Crippen MR) is 87.9 cm³/mol. The van der Waals surface area contributed by atoms with Crippen LogP contribution in [0.1, 0.15) is 30.1 Å². The van der Waals surface area contributed by atoms with E-state index in [4.69, 9.17) is 11.6 Å². The van der Waals surface area contributed by atoms with Gasteiger partial charge in [-0.1, -0.05) is 30.3 Å². The lowest BCUT2D eigenvalue weighted by molar-refractivity contribution is 0.159. The van der Waals surface area contributed by atoms with Gasteiger partial charge in [-0.2, -0.15) is 0 Å². The summed E-state index contributed by atoms with van der Waals surface area (Å²) in [4.78, 5) is 10.9. The molecule has 1 atom stereocenters. The summed E-state index contributed by atoms with van der Waals surface area (Å²) >= 11 is 9.53. The molecule has 0 spiro atoms. The highest BCUT2D eigenvalue weighted by molar-refractivity contribution is 9.10. The van der Waals surface area contributed by atoms with Gasteiger partial charge in [0.15, 0.2) is 0 Å². The van der Waals surface area contributed by atoms with E-state index in [-0.39, 0.29) is 6.04 Å². The fourth-order valence-corrected chi connectivity index (χ4v) is 3.32. The standard InChI is InChI=1S/C16H16BrClN3/c17-13-10-19-16(18)20-15(13)14-8-4-5-9-21(14)11-12-6-2-1-3-7-12/h1-4,6-7,10,14H,5,8-9,11H2. The van der Waals surface area contributed by atoms with Crippen molar-refractivity contribution in [1.82, 2.24) is 14.9 Å². The number of hydrogen-bond acceptors (Lipinski definition) is 3. The average Bonchev–Trinajstić information content (AvgIpc) is 2.51. The van der Waals surface area contributed by atoms with Gasteiger partial charge in [0.2, 0.25) is 5.28 Å². The lowest BCUT2D eigenvalue weighted by Crippen LogP contribution is -2.34. The molecule has 1 aliphatic heterocycles. The van der Waals surface area contributed by atoms with Gasteiger partial charge in [0.05, 0.1) is 16.2 Å². The van der Waals surface area contributed by atoms with Crippen LogP contribution in [0.15, 0.2) is 41.0 Å². The Kier molecular flexibility index (Phi) is 4.88. The van der Waals surface area contributed by atoms with Crippen molar-refractivity contribution in [3.05, 3.63) is 64.0 Å². The van der Waals surface area contributed by atoms with Gasteiger partial charge in [-0.3, -0.25) is 4.90 Å². The van der Waals surface area contributed by atoms with Crippen LogP contribution in [0.2, 0.25) is 5.28 Å². The minimum atomic E-state index is 0.244. The SMILES string of the molecule is Clc1ncc(Br)c(C2C[CH]CCN2Cc2ccccc2)n1. The molecule has 21 heavy (non-hydrogen) atoms. The number of aromatic nitrogens is 2. The van der Waals surface area contributed by atoms with E-state index in [9.17, 15) is 0 Å². The molecule has 3 rings (SSSR count). The van der Waals surface area contributed by atoms with Gasteiger partial charge in [0.1, 0.15) is 0 Å². The first-order valence-electron chi connectivity index (χ1n) is 7.01. The van der Waals surface area contributed by atoms with E-state index in [0.717, 1.165) is 36.1 Å². The van der Waals surface area contributed by atoms with Crippen molar-refractivity contribution >= 4 is 27.5 Å². The summed E-state index contributed by atoms with van der Waals surface area (Å²) in [7, 11) is 0. The molecule has 1 fully saturated rings. The van der Waals surface area contributed by atoms with Crippen LogP contribution >= 0.6 is 27.5 Å². The summed E-state index contributed by atoms with van der Waals surface area (Å²) in [5, 5.41) is 0.304. The quantitative estimate of drug-likeness (QED) is 0.753. The number of benzene rings is 1. The van der Waals surface area contributed by atoms with Gasteiger partial charge in [-0.15, -0.1) is 0 Å². The first-order valence-corrected chi connectivity index (χ1v) is 8.18. The number of likely N-dealkylation sites (tertiary alicyclic amines) is 1. The van der Waals surface area contributed by atoms with Gasteiger partial charge < -0.3 is 0 Å². The van der Waals surface area contributed by atoms with E-state index >= 15 is 0 Å². The number of rotatable bonds is 3. The van der Waals surface area contributed by atoms with Crippen molar-refractivity contribution in [2.75, 3.05) is 6.54 Å².